The molecule has 0 radical (unpaired) electrons. The van der Waals surface area contributed by atoms with Crippen LogP contribution in [0.5, 0.6) is 0 Å². The van der Waals surface area contributed by atoms with E-state index in [4.69, 9.17) is 11.6 Å². The van der Waals surface area contributed by atoms with Crippen LogP contribution in [0.4, 0.5) is 11.4 Å². The molecule has 9 heteroatoms. The normalized spacial score (nSPS) is 10.0. The third-order valence-electron chi connectivity index (χ3n) is 2.82. The molecule has 0 atom stereocenters. The van der Waals surface area contributed by atoms with E-state index in [9.17, 15) is 24.8 Å². The van der Waals surface area contributed by atoms with Gasteiger partial charge in [-0.2, -0.15) is 0 Å². The van der Waals surface area contributed by atoms with Gasteiger partial charge in [0.1, 0.15) is 0 Å². The van der Waals surface area contributed by atoms with E-state index in [1.807, 2.05) is 0 Å². The number of amides is 1. The second kappa shape index (κ2) is 6.89. The lowest BCUT2D eigenvalue weighted by molar-refractivity contribution is -0.384. The average Bonchev–Trinajstić information content (AvgIpc) is 2.42. The monoisotopic (exact) mass is 315 g/mol. The van der Waals surface area contributed by atoms with Gasteiger partial charge in [0.15, 0.2) is 0 Å². The fourth-order valence-electron chi connectivity index (χ4n) is 1.75. The van der Waals surface area contributed by atoms with E-state index in [1.165, 1.54) is 11.9 Å². The Morgan fingerprint density at radius 3 is 2.57 bits per heavy atom. The number of non-ortho nitro benzene ring substituents is 1. The predicted octanol–water partition coefficient (Wildman–Crippen LogP) is 1.52. The molecular formula is C12H14ClN3O5. The fourth-order valence-corrected chi connectivity index (χ4v) is 2.11. The van der Waals surface area contributed by atoms with E-state index >= 15 is 0 Å². The van der Waals surface area contributed by atoms with Gasteiger partial charge in [0.05, 0.1) is 21.2 Å². The van der Waals surface area contributed by atoms with Crippen molar-refractivity contribution in [2.45, 2.75) is 6.42 Å². The first kappa shape index (κ1) is 16.7. The third kappa shape index (κ3) is 4.06. The topological polar surface area (TPSA) is 113 Å². The van der Waals surface area contributed by atoms with Gasteiger partial charge >= 0.3 is 5.97 Å². The number of benzene rings is 1. The highest BCUT2D eigenvalue weighted by Crippen LogP contribution is 2.33. The number of nitrogens with one attached hydrogen (secondary N) is 1. The zero-order valence-corrected chi connectivity index (χ0v) is 12.2. The molecule has 0 spiro atoms. The smallest absolute Gasteiger partial charge is 0.338 e. The van der Waals surface area contributed by atoms with Crippen molar-refractivity contribution < 1.29 is 19.6 Å². The minimum Gasteiger partial charge on any atom is -0.478 e. The van der Waals surface area contributed by atoms with Crippen molar-refractivity contribution in [2.75, 3.05) is 25.5 Å². The van der Waals surface area contributed by atoms with Crippen LogP contribution in [0.1, 0.15) is 16.8 Å². The number of carboxylic acid groups (broad SMARTS) is 1. The Bertz CT molecular complexity index is 591. The van der Waals surface area contributed by atoms with Gasteiger partial charge in [-0.3, -0.25) is 14.9 Å². The van der Waals surface area contributed by atoms with Gasteiger partial charge < -0.3 is 15.3 Å². The van der Waals surface area contributed by atoms with Gasteiger partial charge in [-0.1, -0.05) is 11.6 Å². The number of halogens is 1. The number of carbonyl (C=O) groups excluding carboxylic acids is 1. The molecule has 0 unspecified atom stereocenters. The second-order valence-corrected chi connectivity index (χ2v) is 4.64. The Balaban J connectivity index is 3.18. The van der Waals surface area contributed by atoms with Crippen molar-refractivity contribution in [1.29, 1.82) is 0 Å². The summed E-state index contributed by atoms with van der Waals surface area (Å²) in [6.45, 7) is 0.220. The van der Waals surface area contributed by atoms with Crippen LogP contribution in [-0.2, 0) is 4.79 Å². The van der Waals surface area contributed by atoms with Crippen molar-refractivity contribution in [3.05, 3.63) is 32.8 Å². The number of aromatic carboxylic acids is 1. The van der Waals surface area contributed by atoms with Gasteiger partial charge in [0.2, 0.25) is 5.91 Å². The van der Waals surface area contributed by atoms with Crippen molar-refractivity contribution >= 4 is 34.9 Å². The maximum Gasteiger partial charge on any atom is 0.338 e. The zero-order chi connectivity index (χ0) is 16.2. The van der Waals surface area contributed by atoms with Gasteiger partial charge in [0, 0.05) is 39.2 Å². The number of hydrogen-bond donors (Lipinski definition) is 2. The molecule has 0 saturated carbocycles. The largest absolute Gasteiger partial charge is 0.478 e. The van der Waals surface area contributed by atoms with Crippen LogP contribution in [-0.4, -0.2) is 42.5 Å². The lowest BCUT2D eigenvalue weighted by Crippen LogP contribution is -2.27. The van der Waals surface area contributed by atoms with Crippen molar-refractivity contribution in [3.63, 3.8) is 0 Å². The minimum absolute atomic E-state index is 0.0546. The summed E-state index contributed by atoms with van der Waals surface area (Å²) >= 11 is 5.96. The van der Waals surface area contributed by atoms with E-state index in [2.05, 4.69) is 5.32 Å². The molecule has 114 valence electrons. The number of hydrogen-bond acceptors (Lipinski definition) is 5. The highest BCUT2D eigenvalue weighted by Gasteiger charge is 2.22. The first-order valence-corrected chi connectivity index (χ1v) is 6.28. The van der Waals surface area contributed by atoms with E-state index in [1.54, 1.807) is 7.05 Å². The number of carbonyl (C=O) groups is 2. The Hall–Kier alpha value is -2.35. The minimum atomic E-state index is -1.33. The molecule has 2 N–H and O–H groups in total. The van der Waals surface area contributed by atoms with Crippen LogP contribution >= 0.6 is 11.6 Å². The molecule has 1 aromatic rings. The van der Waals surface area contributed by atoms with E-state index in [0.29, 0.717) is 0 Å². The molecule has 0 fully saturated rings. The zero-order valence-electron chi connectivity index (χ0n) is 11.4. The third-order valence-corrected chi connectivity index (χ3v) is 3.11. The average molecular weight is 316 g/mol. The molecule has 0 aliphatic rings. The summed E-state index contributed by atoms with van der Waals surface area (Å²) in [5.41, 5.74) is -0.548. The maximum absolute atomic E-state index is 11.3. The molecule has 1 aromatic carbocycles. The number of anilines is 1. The molecule has 0 saturated heterocycles. The highest BCUT2D eigenvalue weighted by atomic mass is 35.5. The van der Waals surface area contributed by atoms with Gasteiger partial charge in [0.25, 0.3) is 5.69 Å². The van der Waals surface area contributed by atoms with Gasteiger partial charge in [-0.15, -0.1) is 0 Å². The fraction of sp³-hybridized carbons (Fsp3) is 0.333. The first-order chi connectivity index (χ1) is 9.77. The quantitative estimate of drug-likeness (QED) is 0.608. The molecule has 0 bridgehead atoms. The van der Waals surface area contributed by atoms with Crippen LogP contribution < -0.4 is 10.2 Å². The number of nitro benzene ring substituents is 1. The number of nitro groups is 1. The summed E-state index contributed by atoms with van der Waals surface area (Å²) in [7, 11) is 3.05. The Morgan fingerprint density at radius 2 is 2.10 bits per heavy atom. The van der Waals surface area contributed by atoms with Crippen LogP contribution in [0, 0.1) is 10.1 Å². The van der Waals surface area contributed by atoms with Gasteiger partial charge in [-0.05, 0) is 0 Å². The summed E-state index contributed by atoms with van der Waals surface area (Å²) in [6.07, 6.45) is 0.138. The van der Waals surface area contributed by atoms with Crippen LogP contribution in [0.2, 0.25) is 5.02 Å². The lowest BCUT2D eigenvalue weighted by atomic mass is 10.1. The number of rotatable bonds is 6. The molecule has 1 amide bonds. The molecule has 0 aliphatic carbocycles. The molecule has 21 heavy (non-hydrogen) atoms. The predicted molar refractivity (Wildman–Crippen MR) is 77.0 cm³/mol. The van der Waals surface area contributed by atoms with Crippen molar-refractivity contribution in [3.8, 4) is 0 Å². The van der Waals surface area contributed by atoms with E-state index in [0.717, 1.165) is 12.1 Å². The molecule has 0 aromatic heterocycles. The number of carboxylic acids is 1. The second-order valence-electron chi connectivity index (χ2n) is 4.23. The molecule has 0 heterocycles. The standard InChI is InChI=1S/C12H14ClN3O5/c1-14-10(17)3-4-15(2)11-8(12(18)19)5-7(16(20)21)6-9(11)13/h5-6H,3-4H2,1-2H3,(H,14,17)(H,18,19). The van der Waals surface area contributed by atoms with Crippen LogP contribution in [0.25, 0.3) is 0 Å². The van der Waals surface area contributed by atoms with E-state index in [-0.39, 0.29) is 35.1 Å². The SMILES string of the molecule is CNC(=O)CCN(C)c1c(Cl)cc([N+](=O)[O-])cc1C(=O)O. The van der Waals surface area contributed by atoms with Crippen molar-refractivity contribution in [2.24, 2.45) is 0 Å². The van der Waals surface area contributed by atoms with E-state index < -0.39 is 16.6 Å². The Labute approximate surface area is 125 Å². The molecule has 0 aliphatic heterocycles. The summed E-state index contributed by atoms with van der Waals surface area (Å²) < 4.78 is 0. The summed E-state index contributed by atoms with van der Waals surface area (Å²) in [4.78, 5) is 34.0. The summed E-state index contributed by atoms with van der Waals surface area (Å²) in [5.74, 6) is -1.54. The summed E-state index contributed by atoms with van der Waals surface area (Å²) in [6, 6.07) is 2.03. The van der Waals surface area contributed by atoms with Crippen LogP contribution in [0.15, 0.2) is 12.1 Å². The Morgan fingerprint density at radius 1 is 1.48 bits per heavy atom. The molecule has 8 nitrogen and oxygen atoms in total. The molecule has 1 rings (SSSR count). The Kier molecular flexibility index (Phi) is 5.48. The number of nitrogens with zero attached hydrogens (tertiary/aromatic N) is 2. The maximum atomic E-state index is 11.3. The lowest BCUT2D eigenvalue weighted by Gasteiger charge is -2.22. The first-order valence-electron chi connectivity index (χ1n) is 5.90. The van der Waals surface area contributed by atoms with Crippen molar-refractivity contribution in [1.82, 2.24) is 5.32 Å². The van der Waals surface area contributed by atoms with Crippen LogP contribution in [0.3, 0.4) is 0 Å². The molecular weight excluding hydrogens is 302 g/mol. The highest BCUT2D eigenvalue weighted by molar-refractivity contribution is 6.34. The summed E-state index contributed by atoms with van der Waals surface area (Å²) in [5, 5.41) is 22.3. The van der Waals surface area contributed by atoms with Gasteiger partial charge in [-0.25, -0.2) is 4.79 Å².